The van der Waals surface area contributed by atoms with Crippen LogP contribution in [-0.2, 0) is 6.54 Å². The minimum Gasteiger partial charge on any atom is -0.497 e. The number of hydrogen-bond acceptors (Lipinski definition) is 2. The molecule has 0 aliphatic carbocycles. The van der Waals surface area contributed by atoms with Gasteiger partial charge in [0.2, 0.25) is 0 Å². The third kappa shape index (κ3) is 2.88. The van der Waals surface area contributed by atoms with Crippen LogP contribution >= 0.6 is 0 Å². The predicted molar refractivity (Wildman–Crippen MR) is 82.8 cm³/mol. The molecule has 2 aromatic rings. The Balaban J connectivity index is 2.15. The van der Waals surface area contributed by atoms with Gasteiger partial charge in [0.15, 0.2) is 0 Å². The quantitative estimate of drug-likeness (QED) is 0.835. The summed E-state index contributed by atoms with van der Waals surface area (Å²) in [7, 11) is 3.63. The van der Waals surface area contributed by atoms with Crippen LogP contribution in [-0.4, -0.2) is 25.6 Å². The minimum absolute atomic E-state index is 0.555. The van der Waals surface area contributed by atoms with Gasteiger partial charge >= 0.3 is 0 Å². The Kier molecular flexibility index (Phi) is 3.94. The van der Waals surface area contributed by atoms with Crippen molar-refractivity contribution in [2.24, 2.45) is 0 Å². The van der Waals surface area contributed by atoms with Crippen LogP contribution in [0.15, 0.2) is 42.5 Å². The summed E-state index contributed by atoms with van der Waals surface area (Å²) in [5, 5.41) is 0. The Labute approximate surface area is 128 Å². The second-order valence-electron chi connectivity index (χ2n) is 5.50. The second kappa shape index (κ2) is 5.89. The van der Waals surface area contributed by atoms with Crippen molar-refractivity contribution < 1.29 is 13.5 Å². The van der Waals surface area contributed by atoms with Crippen LogP contribution in [0.1, 0.15) is 16.7 Å². The van der Waals surface area contributed by atoms with E-state index in [1.807, 2.05) is 31.3 Å². The fourth-order valence-corrected chi connectivity index (χ4v) is 2.79. The molecule has 3 rings (SSSR count). The summed E-state index contributed by atoms with van der Waals surface area (Å²) < 4.78 is 32.4. The third-order valence-electron chi connectivity index (χ3n) is 3.82. The van der Waals surface area contributed by atoms with E-state index < -0.39 is 11.6 Å². The zero-order valence-corrected chi connectivity index (χ0v) is 12.6. The van der Waals surface area contributed by atoms with E-state index in [0.717, 1.165) is 35.1 Å². The average molecular weight is 301 g/mol. The van der Waals surface area contributed by atoms with Crippen LogP contribution in [0.4, 0.5) is 8.78 Å². The van der Waals surface area contributed by atoms with Gasteiger partial charge in [-0.2, -0.15) is 0 Å². The first-order valence-corrected chi connectivity index (χ1v) is 7.09. The van der Waals surface area contributed by atoms with Gasteiger partial charge < -0.3 is 4.74 Å². The van der Waals surface area contributed by atoms with E-state index in [-0.39, 0.29) is 0 Å². The minimum atomic E-state index is -0.566. The molecular weight excluding hydrogens is 284 g/mol. The molecule has 0 radical (unpaired) electrons. The predicted octanol–water partition coefficient (Wildman–Crippen LogP) is 3.85. The molecule has 0 unspecified atom stereocenters. The monoisotopic (exact) mass is 301 g/mol. The van der Waals surface area contributed by atoms with Crippen LogP contribution in [0, 0.1) is 11.6 Å². The number of nitrogens with zero attached hydrogens (tertiary/aromatic N) is 1. The first kappa shape index (κ1) is 14.7. The maximum Gasteiger partial charge on any atom is 0.126 e. The van der Waals surface area contributed by atoms with E-state index in [2.05, 4.69) is 4.90 Å². The number of likely N-dealkylation sites (N-methyl/N-ethyl adjacent to an activating group) is 1. The highest BCUT2D eigenvalue weighted by atomic mass is 19.1. The van der Waals surface area contributed by atoms with Crippen LogP contribution in [0.25, 0.3) is 5.57 Å². The van der Waals surface area contributed by atoms with Crippen molar-refractivity contribution in [3.05, 3.63) is 70.8 Å². The van der Waals surface area contributed by atoms with Crippen molar-refractivity contribution in [3.63, 3.8) is 0 Å². The highest BCUT2D eigenvalue weighted by Crippen LogP contribution is 2.32. The van der Waals surface area contributed by atoms with E-state index in [0.29, 0.717) is 12.1 Å². The largest absolute Gasteiger partial charge is 0.497 e. The van der Waals surface area contributed by atoms with Crippen molar-refractivity contribution in [1.82, 2.24) is 4.90 Å². The molecule has 114 valence electrons. The van der Waals surface area contributed by atoms with Crippen LogP contribution in [0.3, 0.4) is 0 Å². The fourth-order valence-electron chi connectivity index (χ4n) is 2.79. The van der Waals surface area contributed by atoms with Gasteiger partial charge in [0.25, 0.3) is 0 Å². The lowest BCUT2D eigenvalue weighted by molar-refractivity contribution is 0.363. The lowest BCUT2D eigenvalue weighted by atomic mass is 9.94. The van der Waals surface area contributed by atoms with E-state index in [1.54, 1.807) is 7.11 Å². The van der Waals surface area contributed by atoms with Gasteiger partial charge in [0.05, 0.1) is 7.11 Å². The zero-order chi connectivity index (χ0) is 15.7. The number of halogens is 2. The Hall–Kier alpha value is -2.20. The number of ether oxygens (including phenoxy) is 1. The number of rotatable bonds is 2. The molecule has 0 saturated heterocycles. The van der Waals surface area contributed by atoms with Gasteiger partial charge in [0.1, 0.15) is 17.4 Å². The molecule has 0 amide bonds. The Morgan fingerprint density at radius 1 is 1.05 bits per heavy atom. The second-order valence-corrected chi connectivity index (χ2v) is 5.50. The normalized spacial score (nSPS) is 15.0. The standard InChI is InChI=1S/C18H17F2NO/c1-21-6-5-18(12-7-14(19)10-15(20)8-12)17-4-3-16(22-2)9-13(17)11-21/h3-5,7-10H,6,11H2,1-2H3. The Bertz CT molecular complexity index is 720. The maximum atomic E-state index is 13.6. The fraction of sp³-hybridized carbons (Fsp3) is 0.222. The molecule has 0 saturated carbocycles. The molecule has 0 spiro atoms. The highest BCUT2D eigenvalue weighted by Gasteiger charge is 2.17. The van der Waals surface area contributed by atoms with Gasteiger partial charge in [-0.15, -0.1) is 0 Å². The number of hydrogen-bond donors (Lipinski definition) is 0. The maximum absolute atomic E-state index is 13.6. The molecular formula is C18H17F2NO. The van der Waals surface area contributed by atoms with Crippen molar-refractivity contribution in [2.75, 3.05) is 20.7 Å². The molecule has 0 fully saturated rings. The number of benzene rings is 2. The summed E-state index contributed by atoms with van der Waals surface area (Å²) in [4.78, 5) is 2.14. The summed E-state index contributed by atoms with van der Waals surface area (Å²) >= 11 is 0. The SMILES string of the molecule is COc1ccc2c(c1)CN(C)CC=C2c1cc(F)cc(F)c1. The average Bonchev–Trinajstić information content (AvgIpc) is 2.63. The van der Waals surface area contributed by atoms with Crippen LogP contribution in [0.5, 0.6) is 5.75 Å². The molecule has 0 bridgehead atoms. The van der Waals surface area contributed by atoms with E-state index in [1.165, 1.54) is 12.1 Å². The van der Waals surface area contributed by atoms with Crippen molar-refractivity contribution in [1.29, 1.82) is 0 Å². The molecule has 2 nitrogen and oxygen atoms in total. The van der Waals surface area contributed by atoms with Crippen molar-refractivity contribution in [2.45, 2.75) is 6.54 Å². The zero-order valence-electron chi connectivity index (χ0n) is 12.6. The van der Waals surface area contributed by atoms with E-state index in [4.69, 9.17) is 4.74 Å². The summed E-state index contributed by atoms with van der Waals surface area (Å²) in [6.07, 6.45) is 2.01. The molecule has 0 N–H and O–H groups in total. The van der Waals surface area contributed by atoms with Crippen molar-refractivity contribution >= 4 is 5.57 Å². The van der Waals surface area contributed by atoms with E-state index >= 15 is 0 Å². The van der Waals surface area contributed by atoms with Gasteiger partial charge in [-0.05, 0) is 53.6 Å². The lowest BCUT2D eigenvalue weighted by Crippen LogP contribution is -2.16. The number of fused-ring (bicyclic) bond motifs is 1. The lowest BCUT2D eigenvalue weighted by Gasteiger charge is -2.15. The molecule has 1 aliphatic rings. The Morgan fingerprint density at radius 3 is 2.45 bits per heavy atom. The van der Waals surface area contributed by atoms with Crippen LogP contribution in [0.2, 0.25) is 0 Å². The first-order chi connectivity index (χ1) is 10.6. The highest BCUT2D eigenvalue weighted by molar-refractivity contribution is 5.82. The van der Waals surface area contributed by atoms with Gasteiger partial charge in [-0.3, -0.25) is 4.90 Å². The van der Waals surface area contributed by atoms with Crippen LogP contribution < -0.4 is 4.74 Å². The van der Waals surface area contributed by atoms with Gasteiger partial charge in [-0.25, -0.2) is 8.78 Å². The topological polar surface area (TPSA) is 12.5 Å². The molecule has 0 aromatic heterocycles. The first-order valence-electron chi connectivity index (χ1n) is 7.09. The summed E-state index contributed by atoms with van der Waals surface area (Å²) in [6, 6.07) is 9.42. The summed E-state index contributed by atoms with van der Waals surface area (Å²) in [5.41, 5.74) is 3.46. The number of methoxy groups -OCH3 is 1. The summed E-state index contributed by atoms with van der Waals surface area (Å²) in [6.45, 7) is 1.47. The molecule has 22 heavy (non-hydrogen) atoms. The molecule has 0 atom stereocenters. The van der Waals surface area contributed by atoms with Gasteiger partial charge in [-0.1, -0.05) is 12.1 Å². The molecule has 1 aliphatic heterocycles. The smallest absolute Gasteiger partial charge is 0.126 e. The summed E-state index contributed by atoms with van der Waals surface area (Å²) in [5.74, 6) is -0.356. The Morgan fingerprint density at radius 2 is 1.77 bits per heavy atom. The van der Waals surface area contributed by atoms with E-state index in [9.17, 15) is 8.78 Å². The van der Waals surface area contributed by atoms with Crippen molar-refractivity contribution in [3.8, 4) is 5.75 Å². The molecule has 1 heterocycles. The molecule has 4 heteroatoms. The molecule has 2 aromatic carbocycles. The third-order valence-corrected chi connectivity index (χ3v) is 3.82. The van der Waals surface area contributed by atoms with Gasteiger partial charge in [0, 0.05) is 19.2 Å².